The van der Waals surface area contributed by atoms with E-state index in [1.54, 1.807) is 17.9 Å². The number of carbonyl (C=O) groups is 2. The van der Waals surface area contributed by atoms with Crippen LogP contribution in [0.25, 0.3) is 0 Å². The summed E-state index contributed by atoms with van der Waals surface area (Å²) in [5, 5.41) is 0. The molecular formula is C16H21FN2O2. The van der Waals surface area contributed by atoms with Crippen molar-refractivity contribution in [2.24, 2.45) is 11.7 Å². The Morgan fingerprint density at radius 3 is 2.90 bits per heavy atom. The summed E-state index contributed by atoms with van der Waals surface area (Å²) in [7, 11) is 0. The van der Waals surface area contributed by atoms with Crippen molar-refractivity contribution >= 4 is 11.7 Å². The minimum atomic E-state index is -0.461. The molecule has 1 fully saturated rings. The number of hydrogen-bond donors (Lipinski definition) is 1. The molecule has 1 aliphatic heterocycles. The molecule has 0 spiro atoms. The quantitative estimate of drug-likeness (QED) is 0.863. The van der Waals surface area contributed by atoms with Crippen molar-refractivity contribution in [3.8, 4) is 0 Å². The Morgan fingerprint density at radius 1 is 1.48 bits per heavy atom. The van der Waals surface area contributed by atoms with Crippen LogP contribution in [0.2, 0.25) is 0 Å². The SMILES string of the molecule is CC(CC(=O)N1CCCC(N)C1)C(=O)c1cccc(F)c1. The Kier molecular flexibility index (Phi) is 5.07. The van der Waals surface area contributed by atoms with E-state index >= 15 is 0 Å². The molecule has 1 aromatic rings. The number of carbonyl (C=O) groups excluding carboxylic acids is 2. The molecule has 1 saturated heterocycles. The largest absolute Gasteiger partial charge is 0.341 e. The van der Waals surface area contributed by atoms with Crippen LogP contribution in [0, 0.1) is 11.7 Å². The average Bonchev–Trinajstić information content (AvgIpc) is 2.46. The van der Waals surface area contributed by atoms with Crippen molar-refractivity contribution in [1.29, 1.82) is 0 Å². The Bertz CT molecular complexity index is 533. The molecule has 2 atom stereocenters. The summed E-state index contributed by atoms with van der Waals surface area (Å²) in [6, 6.07) is 5.60. The van der Waals surface area contributed by atoms with Gasteiger partial charge in [0.2, 0.25) is 5.91 Å². The van der Waals surface area contributed by atoms with Crippen molar-refractivity contribution in [2.45, 2.75) is 32.2 Å². The molecule has 1 aromatic carbocycles. The van der Waals surface area contributed by atoms with Gasteiger partial charge in [0, 0.05) is 37.0 Å². The zero-order valence-electron chi connectivity index (χ0n) is 12.2. The number of halogens is 1. The zero-order chi connectivity index (χ0) is 15.4. The third-order valence-electron chi connectivity index (χ3n) is 3.85. The molecule has 0 bridgehead atoms. The van der Waals surface area contributed by atoms with Crippen LogP contribution in [0.4, 0.5) is 4.39 Å². The third kappa shape index (κ3) is 4.11. The molecule has 21 heavy (non-hydrogen) atoms. The van der Waals surface area contributed by atoms with Crippen LogP contribution in [0.5, 0.6) is 0 Å². The van der Waals surface area contributed by atoms with Gasteiger partial charge < -0.3 is 10.6 Å². The highest BCUT2D eigenvalue weighted by molar-refractivity contribution is 5.99. The number of rotatable bonds is 4. The van der Waals surface area contributed by atoms with E-state index in [0.717, 1.165) is 12.8 Å². The number of hydrogen-bond acceptors (Lipinski definition) is 3. The standard InChI is InChI=1S/C16H21FN2O2/c1-11(16(21)12-4-2-5-13(17)9-12)8-15(20)19-7-3-6-14(18)10-19/h2,4-5,9,11,14H,3,6-8,10,18H2,1H3. The lowest BCUT2D eigenvalue weighted by atomic mass is 9.95. The molecule has 1 heterocycles. The molecule has 1 aliphatic rings. The van der Waals surface area contributed by atoms with Crippen molar-refractivity contribution in [3.63, 3.8) is 0 Å². The lowest BCUT2D eigenvalue weighted by Gasteiger charge is -2.31. The van der Waals surface area contributed by atoms with Gasteiger partial charge in [-0.3, -0.25) is 9.59 Å². The van der Waals surface area contributed by atoms with E-state index < -0.39 is 11.7 Å². The molecule has 2 unspecified atom stereocenters. The normalized spacial score (nSPS) is 20.1. The monoisotopic (exact) mass is 292 g/mol. The van der Waals surface area contributed by atoms with Gasteiger partial charge in [0.15, 0.2) is 5.78 Å². The summed E-state index contributed by atoms with van der Waals surface area (Å²) < 4.78 is 13.1. The molecule has 114 valence electrons. The molecule has 2 N–H and O–H groups in total. The summed E-state index contributed by atoms with van der Waals surface area (Å²) in [6.45, 7) is 2.96. The van der Waals surface area contributed by atoms with Crippen molar-refractivity contribution in [3.05, 3.63) is 35.6 Å². The highest BCUT2D eigenvalue weighted by atomic mass is 19.1. The van der Waals surface area contributed by atoms with Crippen LogP contribution in [0.3, 0.4) is 0 Å². The highest BCUT2D eigenvalue weighted by Crippen LogP contribution is 2.16. The van der Waals surface area contributed by atoms with Gasteiger partial charge in [-0.25, -0.2) is 4.39 Å². The molecule has 4 nitrogen and oxygen atoms in total. The van der Waals surface area contributed by atoms with E-state index in [2.05, 4.69) is 0 Å². The lowest BCUT2D eigenvalue weighted by molar-refractivity contribution is -0.133. The van der Waals surface area contributed by atoms with Gasteiger partial charge in [-0.05, 0) is 25.0 Å². The highest BCUT2D eigenvalue weighted by Gasteiger charge is 2.25. The molecule has 2 rings (SSSR count). The first-order valence-corrected chi connectivity index (χ1v) is 7.30. The number of ketones is 1. The van der Waals surface area contributed by atoms with E-state index in [1.807, 2.05) is 0 Å². The number of Topliss-reactive ketones (excluding diaryl/α,β-unsaturated/α-hetero) is 1. The van der Waals surface area contributed by atoms with Crippen LogP contribution < -0.4 is 5.73 Å². The fourth-order valence-corrected chi connectivity index (χ4v) is 2.65. The van der Waals surface area contributed by atoms with Gasteiger partial charge >= 0.3 is 0 Å². The minimum absolute atomic E-state index is 0.0249. The summed E-state index contributed by atoms with van der Waals surface area (Å²) in [5.41, 5.74) is 6.17. The Hall–Kier alpha value is -1.75. The number of piperidine rings is 1. The van der Waals surface area contributed by atoms with Gasteiger partial charge in [-0.2, -0.15) is 0 Å². The topological polar surface area (TPSA) is 63.4 Å². The third-order valence-corrected chi connectivity index (χ3v) is 3.85. The number of nitrogens with two attached hydrogens (primary N) is 1. The first-order valence-electron chi connectivity index (χ1n) is 7.30. The van der Waals surface area contributed by atoms with Gasteiger partial charge in [0.25, 0.3) is 0 Å². The maximum absolute atomic E-state index is 13.1. The zero-order valence-corrected chi connectivity index (χ0v) is 12.2. The van der Waals surface area contributed by atoms with Gasteiger partial charge in [-0.1, -0.05) is 19.1 Å². The van der Waals surface area contributed by atoms with E-state index in [-0.39, 0.29) is 24.2 Å². The fraction of sp³-hybridized carbons (Fsp3) is 0.500. The van der Waals surface area contributed by atoms with Gasteiger partial charge in [0.05, 0.1) is 0 Å². The predicted octanol–water partition coefficient (Wildman–Crippen LogP) is 1.98. The smallest absolute Gasteiger partial charge is 0.223 e. The Labute approximate surface area is 124 Å². The van der Waals surface area contributed by atoms with Crippen molar-refractivity contribution in [1.82, 2.24) is 4.90 Å². The van der Waals surface area contributed by atoms with E-state index in [4.69, 9.17) is 5.73 Å². The lowest BCUT2D eigenvalue weighted by Crippen LogP contribution is -2.46. The minimum Gasteiger partial charge on any atom is -0.341 e. The van der Waals surface area contributed by atoms with E-state index in [9.17, 15) is 14.0 Å². The maximum Gasteiger partial charge on any atom is 0.223 e. The maximum atomic E-state index is 13.1. The second-order valence-electron chi connectivity index (χ2n) is 5.72. The number of benzene rings is 1. The van der Waals surface area contributed by atoms with Crippen molar-refractivity contribution < 1.29 is 14.0 Å². The predicted molar refractivity (Wildman–Crippen MR) is 78.3 cm³/mol. The molecule has 0 saturated carbocycles. The summed E-state index contributed by atoms with van der Waals surface area (Å²) in [6.07, 6.45) is 1.97. The fourth-order valence-electron chi connectivity index (χ4n) is 2.65. The van der Waals surface area contributed by atoms with Crippen molar-refractivity contribution in [2.75, 3.05) is 13.1 Å². The molecular weight excluding hydrogens is 271 g/mol. The Morgan fingerprint density at radius 2 is 2.24 bits per heavy atom. The van der Waals surface area contributed by atoms with Gasteiger partial charge in [0.1, 0.15) is 5.82 Å². The van der Waals surface area contributed by atoms with Crippen LogP contribution in [0.15, 0.2) is 24.3 Å². The second-order valence-corrected chi connectivity index (χ2v) is 5.72. The summed E-state index contributed by atoms with van der Waals surface area (Å²) in [5.74, 6) is -1.16. The number of likely N-dealkylation sites (tertiary alicyclic amines) is 1. The molecule has 0 aromatic heterocycles. The van der Waals surface area contributed by atoms with Crippen LogP contribution in [-0.2, 0) is 4.79 Å². The molecule has 0 radical (unpaired) electrons. The summed E-state index contributed by atoms with van der Waals surface area (Å²) in [4.78, 5) is 26.1. The average molecular weight is 292 g/mol. The Balaban J connectivity index is 1.95. The van der Waals surface area contributed by atoms with E-state index in [1.165, 1.54) is 18.2 Å². The number of nitrogens with zero attached hydrogens (tertiary/aromatic N) is 1. The second kappa shape index (κ2) is 6.80. The number of amides is 1. The van der Waals surface area contributed by atoms with Gasteiger partial charge in [-0.15, -0.1) is 0 Å². The molecule has 0 aliphatic carbocycles. The first kappa shape index (κ1) is 15.6. The van der Waals surface area contributed by atoms with Crippen LogP contribution in [0.1, 0.15) is 36.5 Å². The van der Waals surface area contributed by atoms with Crippen LogP contribution in [-0.4, -0.2) is 35.7 Å². The summed E-state index contributed by atoms with van der Waals surface area (Å²) >= 11 is 0. The van der Waals surface area contributed by atoms with E-state index in [0.29, 0.717) is 18.7 Å². The molecule has 5 heteroatoms. The van der Waals surface area contributed by atoms with Crippen LogP contribution >= 0.6 is 0 Å². The molecule has 1 amide bonds. The first-order chi connectivity index (χ1) is 9.97.